The molecule has 3 nitrogen and oxygen atoms in total. The summed E-state index contributed by atoms with van der Waals surface area (Å²) in [6.45, 7) is 0. The van der Waals surface area contributed by atoms with Crippen molar-refractivity contribution in [3.05, 3.63) is 30.1 Å². The Labute approximate surface area is 63.7 Å². The normalized spacial score (nSPS) is 11.5. The van der Waals surface area contributed by atoms with Gasteiger partial charge in [-0.3, -0.25) is 0 Å². The van der Waals surface area contributed by atoms with Crippen LogP contribution in [0.25, 0.3) is 0 Å². The number of halogens is 1. The van der Waals surface area contributed by atoms with Gasteiger partial charge in [0.15, 0.2) is 0 Å². The van der Waals surface area contributed by atoms with Gasteiger partial charge in [-0.25, -0.2) is 17.9 Å². The summed E-state index contributed by atoms with van der Waals surface area (Å²) in [5.41, 5.74) is 0. The molecule has 1 aromatic carbocycles. The third kappa shape index (κ3) is 1.99. The first-order chi connectivity index (χ1) is 5.00. The van der Waals surface area contributed by atoms with E-state index in [0.29, 0.717) is 0 Å². The van der Waals surface area contributed by atoms with Crippen molar-refractivity contribution in [2.45, 2.75) is 4.90 Å². The number of hydrogen-bond acceptors (Lipinski definition) is 2. The SMILES string of the molecule is NS(=O)(=O)c1[c]cc(F)cc1. The van der Waals surface area contributed by atoms with Crippen LogP contribution < -0.4 is 5.14 Å². The number of hydrogen-bond donors (Lipinski definition) is 1. The monoisotopic (exact) mass is 174 g/mol. The van der Waals surface area contributed by atoms with Gasteiger partial charge in [0.2, 0.25) is 10.0 Å². The molecule has 0 spiro atoms. The van der Waals surface area contributed by atoms with Crippen molar-refractivity contribution in [3.8, 4) is 0 Å². The average Bonchev–Trinajstić information content (AvgIpc) is 1.86. The Kier molecular flexibility index (Phi) is 1.92. The van der Waals surface area contributed by atoms with E-state index in [9.17, 15) is 12.8 Å². The highest BCUT2D eigenvalue weighted by molar-refractivity contribution is 7.89. The van der Waals surface area contributed by atoms with Crippen LogP contribution in [0.1, 0.15) is 0 Å². The summed E-state index contributed by atoms with van der Waals surface area (Å²) < 4.78 is 33.3. The fourth-order valence-corrected chi connectivity index (χ4v) is 1.05. The maximum absolute atomic E-state index is 12.2. The Morgan fingerprint density at radius 1 is 1.45 bits per heavy atom. The highest BCUT2D eigenvalue weighted by atomic mass is 32.2. The van der Waals surface area contributed by atoms with Crippen molar-refractivity contribution in [1.29, 1.82) is 0 Å². The summed E-state index contributed by atoms with van der Waals surface area (Å²) in [4.78, 5) is -0.209. The summed E-state index contributed by atoms with van der Waals surface area (Å²) in [6, 6.07) is 5.18. The van der Waals surface area contributed by atoms with E-state index >= 15 is 0 Å². The number of primary sulfonamides is 1. The summed E-state index contributed by atoms with van der Waals surface area (Å²) in [5, 5.41) is 4.73. The fourth-order valence-electron chi connectivity index (χ4n) is 0.569. The summed E-state index contributed by atoms with van der Waals surface area (Å²) in [5.74, 6) is -0.544. The standard InChI is InChI=1S/C6H5FNO2S/c7-5-1-3-6(4-2-5)11(8,9)10/h1-3H,(H2,8,9,10). The molecule has 0 aliphatic carbocycles. The van der Waals surface area contributed by atoms with E-state index in [1.54, 1.807) is 0 Å². The molecular weight excluding hydrogens is 169 g/mol. The zero-order chi connectivity index (χ0) is 8.48. The van der Waals surface area contributed by atoms with Gasteiger partial charge in [-0.2, -0.15) is 0 Å². The molecule has 0 aliphatic heterocycles. The molecule has 0 atom stereocenters. The first-order valence-corrected chi connectivity index (χ1v) is 4.25. The van der Waals surface area contributed by atoms with Crippen molar-refractivity contribution < 1.29 is 12.8 Å². The average molecular weight is 174 g/mol. The topological polar surface area (TPSA) is 60.2 Å². The molecule has 1 aromatic rings. The van der Waals surface area contributed by atoms with Gasteiger partial charge in [-0.1, -0.05) is 0 Å². The van der Waals surface area contributed by atoms with Crippen molar-refractivity contribution >= 4 is 10.0 Å². The summed E-state index contributed by atoms with van der Waals surface area (Å²) >= 11 is 0. The van der Waals surface area contributed by atoms with E-state index in [2.05, 4.69) is 6.07 Å². The maximum atomic E-state index is 12.2. The Bertz CT molecular complexity index is 343. The van der Waals surface area contributed by atoms with E-state index in [1.807, 2.05) is 0 Å². The van der Waals surface area contributed by atoms with Crippen molar-refractivity contribution in [3.63, 3.8) is 0 Å². The van der Waals surface area contributed by atoms with E-state index in [4.69, 9.17) is 5.14 Å². The Morgan fingerprint density at radius 2 is 2.09 bits per heavy atom. The summed E-state index contributed by atoms with van der Waals surface area (Å²) in [6.07, 6.45) is 0. The van der Waals surface area contributed by atoms with Gasteiger partial charge < -0.3 is 0 Å². The number of sulfonamides is 1. The lowest BCUT2D eigenvalue weighted by molar-refractivity contribution is 0.596. The molecule has 0 bridgehead atoms. The van der Waals surface area contributed by atoms with Crippen LogP contribution in [0.3, 0.4) is 0 Å². The molecule has 0 aliphatic rings. The van der Waals surface area contributed by atoms with Gasteiger partial charge in [0.05, 0.1) is 4.90 Å². The summed E-state index contributed by atoms with van der Waals surface area (Å²) in [7, 11) is -3.74. The second-order valence-electron chi connectivity index (χ2n) is 1.92. The molecule has 2 N–H and O–H groups in total. The van der Waals surface area contributed by atoms with E-state index in [0.717, 1.165) is 18.2 Å². The molecule has 1 radical (unpaired) electrons. The molecular formula is C6H5FNO2S. The third-order valence-electron chi connectivity index (χ3n) is 1.05. The van der Waals surface area contributed by atoms with Gasteiger partial charge in [0.25, 0.3) is 0 Å². The molecule has 5 heteroatoms. The number of rotatable bonds is 1. The van der Waals surface area contributed by atoms with Crippen LogP contribution in [0.15, 0.2) is 23.1 Å². The van der Waals surface area contributed by atoms with Crippen LogP contribution in [0.2, 0.25) is 0 Å². The van der Waals surface area contributed by atoms with Gasteiger partial charge in [-0.05, 0) is 18.2 Å². The first kappa shape index (κ1) is 8.16. The lowest BCUT2D eigenvalue weighted by atomic mass is 10.4. The highest BCUT2D eigenvalue weighted by Gasteiger charge is 2.06. The van der Waals surface area contributed by atoms with Crippen LogP contribution in [-0.2, 0) is 10.0 Å². The Hall–Kier alpha value is -0.940. The predicted octanol–water partition coefficient (Wildman–Crippen LogP) is 0.273. The minimum atomic E-state index is -3.74. The van der Waals surface area contributed by atoms with Crippen LogP contribution in [0.4, 0.5) is 4.39 Å². The largest absolute Gasteiger partial charge is 0.238 e. The number of nitrogens with two attached hydrogens (primary N) is 1. The first-order valence-electron chi connectivity index (χ1n) is 2.70. The lowest BCUT2D eigenvalue weighted by Crippen LogP contribution is -2.11. The predicted molar refractivity (Wildman–Crippen MR) is 36.6 cm³/mol. The van der Waals surface area contributed by atoms with Crippen molar-refractivity contribution in [2.24, 2.45) is 5.14 Å². The Balaban J connectivity index is 3.20. The van der Waals surface area contributed by atoms with Crippen LogP contribution >= 0.6 is 0 Å². The zero-order valence-electron chi connectivity index (χ0n) is 5.41. The lowest BCUT2D eigenvalue weighted by Gasteiger charge is -1.94. The van der Waals surface area contributed by atoms with E-state index in [-0.39, 0.29) is 4.90 Å². The molecule has 1 rings (SSSR count). The highest BCUT2D eigenvalue weighted by Crippen LogP contribution is 2.05. The molecule has 0 saturated carbocycles. The Morgan fingerprint density at radius 3 is 2.45 bits per heavy atom. The van der Waals surface area contributed by atoms with E-state index in [1.165, 1.54) is 0 Å². The molecule has 59 valence electrons. The van der Waals surface area contributed by atoms with Crippen LogP contribution in [-0.4, -0.2) is 8.42 Å². The van der Waals surface area contributed by atoms with Crippen LogP contribution in [0.5, 0.6) is 0 Å². The minimum absolute atomic E-state index is 0.209. The van der Waals surface area contributed by atoms with Gasteiger partial charge in [0.1, 0.15) is 5.82 Å². The molecule has 0 aromatic heterocycles. The van der Waals surface area contributed by atoms with Gasteiger partial charge >= 0.3 is 0 Å². The maximum Gasteiger partial charge on any atom is 0.238 e. The van der Waals surface area contributed by atoms with Crippen molar-refractivity contribution in [2.75, 3.05) is 0 Å². The van der Waals surface area contributed by atoms with Gasteiger partial charge in [-0.15, -0.1) is 0 Å². The quantitative estimate of drug-likeness (QED) is 0.664. The molecule has 0 unspecified atom stereocenters. The minimum Gasteiger partial charge on any atom is -0.225 e. The third-order valence-corrected chi connectivity index (χ3v) is 1.92. The van der Waals surface area contributed by atoms with E-state index < -0.39 is 15.8 Å². The molecule has 0 fully saturated rings. The molecule has 0 amide bonds. The smallest absolute Gasteiger partial charge is 0.225 e. The molecule has 11 heavy (non-hydrogen) atoms. The molecule has 0 saturated heterocycles. The van der Waals surface area contributed by atoms with Crippen molar-refractivity contribution in [1.82, 2.24) is 0 Å². The number of benzene rings is 1. The van der Waals surface area contributed by atoms with Gasteiger partial charge in [0, 0.05) is 6.07 Å². The molecule has 0 heterocycles. The second-order valence-corrected chi connectivity index (χ2v) is 3.45. The zero-order valence-corrected chi connectivity index (χ0v) is 6.23. The second kappa shape index (κ2) is 2.60. The fraction of sp³-hybridized carbons (Fsp3) is 0. The van der Waals surface area contributed by atoms with Crippen LogP contribution in [0, 0.1) is 11.9 Å².